The summed E-state index contributed by atoms with van der Waals surface area (Å²) in [7, 11) is 0. The molecular formula is C18H18FN5O. The molecule has 6 nitrogen and oxygen atoms in total. The third-order valence-electron chi connectivity index (χ3n) is 4.30. The van der Waals surface area contributed by atoms with Crippen molar-refractivity contribution in [1.29, 1.82) is 0 Å². The zero-order valence-corrected chi connectivity index (χ0v) is 13.6. The highest BCUT2D eigenvalue weighted by molar-refractivity contribution is 5.33. The molecule has 0 amide bonds. The third kappa shape index (κ3) is 3.60. The van der Waals surface area contributed by atoms with Gasteiger partial charge in [0.2, 0.25) is 5.95 Å². The SMILES string of the molecule is Fc1ccc(OCc2cc([C@H]3CCN(c4ncccn4)C3)n[nH]2)cc1. The molecule has 0 saturated carbocycles. The maximum Gasteiger partial charge on any atom is 0.225 e. The number of nitrogens with zero attached hydrogens (tertiary/aromatic N) is 4. The summed E-state index contributed by atoms with van der Waals surface area (Å²) in [5.74, 6) is 1.47. The largest absolute Gasteiger partial charge is 0.487 e. The summed E-state index contributed by atoms with van der Waals surface area (Å²) in [4.78, 5) is 10.8. The number of ether oxygens (including phenoxy) is 1. The molecule has 1 aliphatic heterocycles. The minimum atomic E-state index is -0.274. The van der Waals surface area contributed by atoms with Crippen LogP contribution in [0.15, 0.2) is 48.8 Å². The Morgan fingerprint density at radius 2 is 2.00 bits per heavy atom. The van der Waals surface area contributed by atoms with Crippen molar-refractivity contribution < 1.29 is 9.13 Å². The molecule has 7 heteroatoms. The first kappa shape index (κ1) is 15.6. The van der Waals surface area contributed by atoms with Crippen LogP contribution in [0.1, 0.15) is 23.7 Å². The highest BCUT2D eigenvalue weighted by atomic mass is 19.1. The van der Waals surface area contributed by atoms with Crippen LogP contribution in [-0.2, 0) is 6.61 Å². The average Bonchev–Trinajstić information content (AvgIpc) is 3.31. The molecule has 0 spiro atoms. The third-order valence-corrected chi connectivity index (χ3v) is 4.30. The van der Waals surface area contributed by atoms with Crippen LogP contribution in [0.4, 0.5) is 10.3 Å². The van der Waals surface area contributed by atoms with Gasteiger partial charge in [0.1, 0.15) is 18.2 Å². The van der Waals surface area contributed by atoms with E-state index in [1.807, 2.05) is 12.1 Å². The number of aromatic nitrogens is 4. The van der Waals surface area contributed by atoms with Crippen molar-refractivity contribution in [3.05, 3.63) is 66.0 Å². The minimum absolute atomic E-state index is 0.274. The molecule has 1 aliphatic rings. The van der Waals surface area contributed by atoms with Gasteiger partial charge in [-0.25, -0.2) is 14.4 Å². The zero-order valence-electron chi connectivity index (χ0n) is 13.6. The van der Waals surface area contributed by atoms with Gasteiger partial charge in [0, 0.05) is 31.4 Å². The van der Waals surface area contributed by atoms with Crippen molar-refractivity contribution >= 4 is 5.95 Å². The molecule has 4 rings (SSSR count). The molecule has 3 aromatic rings. The first-order valence-corrected chi connectivity index (χ1v) is 8.22. The minimum Gasteiger partial charge on any atom is -0.487 e. The van der Waals surface area contributed by atoms with Crippen molar-refractivity contribution in [2.45, 2.75) is 18.9 Å². The molecule has 0 unspecified atom stereocenters. The predicted octanol–water partition coefficient (Wildman–Crippen LogP) is 2.91. The van der Waals surface area contributed by atoms with Gasteiger partial charge in [-0.1, -0.05) is 0 Å². The summed E-state index contributed by atoms with van der Waals surface area (Å²) >= 11 is 0. The molecule has 3 heterocycles. The maximum absolute atomic E-state index is 12.9. The van der Waals surface area contributed by atoms with Crippen molar-refractivity contribution in [2.24, 2.45) is 0 Å². The Balaban J connectivity index is 1.36. The van der Waals surface area contributed by atoms with Crippen LogP contribution in [0.2, 0.25) is 0 Å². The smallest absolute Gasteiger partial charge is 0.225 e. The number of nitrogens with one attached hydrogen (secondary N) is 1. The maximum atomic E-state index is 12.9. The molecule has 1 saturated heterocycles. The Bertz CT molecular complexity index is 821. The number of hydrogen-bond acceptors (Lipinski definition) is 5. The van der Waals surface area contributed by atoms with Gasteiger partial charge in [-0.05, 0) is 42.8 Å². The first-order valence-electron chi connectivity index (χ1n) is 8.22. The molecule has 0 radical (unpaired) electrons. The van der Waals surface area contributed by atoms with E-state index in [0.29, 0.717) is 18.3 Å². The van der Waals surface area contributed by atoms with Crippen molar-refractivity contribution in [3.63, 3.8) is 0 Å². The van der Waals surface area contributed by atoms with Gasteiger partial charge in [-0.15, -0.1) is 0 Å². The molecule has 25 heavy (non-hydrogen) atoms. The van der Waals surface area contributed by atoms with E-state index < -0.39 is 0 Å². The second-order valence-corrected chi connectivity index (χ2v) is 6.04. The number of halogens is 1. The summed E-state index contributed by atoms with van der Waals surface area (Å²) in [6.45, 7) is 2.15. The normalized spacial score (nSPS) is 17.0. The predicted molar refractivity (Wildman–Crippen MR) is 90.9 cm³/mol. The highest BCUT2D eigenvalue weighted by Crippen LogP contribution is 2.28. The lowest BCUT2D eigenvalue weighted by molar-refractivity contribution is 0.300. The van der Waals surface area contributed by atoms with E-state index in [1.165, 1.54) is 12.1 Å². The number of benzene rings is 1. The van der Waals surface area contributed by atoms with E-state index in [2.05, 4.69) is 25.1 Å². The molecule has 128 valence electrons. The van der Waals surface area contributed by atoms with E-state index >= 15 is 0 Å². The van der Waals surface area contributed by atoms with Gasteiger partial charge in [-0.3, -0.25) is 5.10 Å². The van der Waals surface area contributed by atoms with Crippen molar-refractivity contribution in [1.82, 2.24) is 20.2 Å². The van der Waals surface area contributed by atoms with Crippen molar-refractivity contribution in [3.8, 4) is 5.75 Å². The van der Waals surface area contributed by atoms with Gasteiger partial charge >= 0.3 is 0 Å². The second kappa shape index (κ2) is 6.88. The average molecular weight is 339 g/mol. The number of hydrogen-bond donors (Lipinski definition) is 1. The van der Waals surface area contributed by atoms with Gasteiger partial charge in [0.05, 0.1) is 11.4 Å². The topological polar surface area (TPSA) is 66.9 Å². The van der Waals surface area contributed by atoms with Gasteiger partial charge in [0.25, 0.3) is 0 Å². The fraction of sp³-hybridized carbons (Fsp3) is 0.278. The Hall–Kier alpha value is -2.96. The molecule has 2 aromatic heterocycles. The summed E-state index contributed by atoms with van der Waals surface area (Å²) in [6, 6.07) is 9.84. The molecule has 1 atom stereocenters. The first-order chi connectivity index (χ1) is 12.3. The molecular weight excluding hydrogens is 321 g/mol. The van der Waals surface area contributed by atoms with Crippen LogP contribution < -0.4 is 9.64 Å². The van der Waals surface area contributed by atoms with Gasteiger partial charge in [0.15, 0.2) is 0 Å². The van der Waals surface area contributed by atoms with E-state index in [-0.39, 0.29) is 5.82 Å². The number of aromatic amines is 1. The van der Waals surface area contributed by atoms with Crippen LogP contribution in [0.3, 0.4) is 0 Å². The Labute approximate surface area is 144 Å². The van der Waals surface area contributed by atoms with Crippen LogP contribution >= 0.6 is 0 Å². The Kier molecular flexibility index (Phi) is 4.28. The standard InChI is InChI=1S/C18H18FN5O/c19-14-2-4-16(5-3-14)25-12-15-10-17(23-22-15)13-6-9-24(11-13)18-20-7-1-8-21-18/h1-5,7-8,10,13H,6,9,11-12H2,(H,22,23)/t13-/m0/s1. The van der Waals surface area contributed by atoms with E-state index in [1.54, 1.807) is 24.5 Å². The summed E-state index contributed by atoms with van der Waals surface area (Å²) in [5, 5.41) is 7.44. The summed E-state index contributed by atoms with van der Waals surface area (Å²) in [5.41, 5.74) is 1.92. The monoisotopic (exact) mass is 339 g/mol. The Morgan fingerprint density at radius 1 is 1.20 bits per heavy atom. The molecule has 1 N–H and O–H groups in total. The van der Waals surface area contributed by atoms with Crippen LogP contribution in [-0.4, -0.2) is 33.3 Å². The van der Waals surface area contributed by atoms with E-state index in [4.69, 9.17) is 4.74 Å². The van der Waals surface area contributed by atoms with E-state index in [9.17, 15) is 4.39 Å². The molecule has 0 aliphatic carbocycles. The summed E-state index contributed by atoms with van der Waals surface area (Å²) in [6.07, 6.45) is 4.53. The molecule has 0 bridgehead atoms. The van der Waals surface area contributed by atoms with E-state index in [0.717, 1.165) is 36.8 Å². The lowest BCUT2D eigenvalue weighted by Gasteiger charge is -2.14. The second-order valence-electron chi connectivity index (χ2n) is 6.04. The van der Waals surface area contributed by atoms with Crippen LogP contribution in [0.5, 0.6) is 5.75 Å². The van der Waals surface area contributed by atoms with Crippen LogP contribution in [0.25, 0.3) is 0 Å². The van der Waals surface area contributed by atoms with Gasteiger partial charge < -0.3 is 9.64 Å². The Morgan fingerprint density at radius 3 is 2.80 bits per heavy atom. The fourth-order valence-electron chi connectivity index (χ4n) is 2.99. The highest BCUT2D eigenvalue weighted by Gasteiger charge is 2.27. The number of rotatable bonds is 5. The number of anilines is 1. The molecule has 1 fully saturated rings. The fourth-order valence-corrected chi connectivity index (χ4v) is 2.99. The lowest BCUT2D eigenvalue weighted by atomic mass is 10.1. The molecule has 1 aromatic carbocycles. The summed E-state index contributed by atoms with van der Waals surface area (Å²) < 4.78 is 18.5. The zero-order chi connectivity index (χ0) is 17.1. The van der Waals surface area contributed by atoms with Gasteiger partial charge in [-0.2, -0.15) is 5.10 Å². The quantitative estimate of drug-likeness (QED) is 0.774. The lowest BCUT2D eigenvalue weighted by Crippen LogP contribution is -2.21. The number of H-pyrrole nitrogens is 1. The van der Waals surface area contributed by atoms with Crippen LogP contribution in [0, 0.1) is 5.82 Å². The van der Waals surface area contributed by atoms with Crippen molar-refractivity contribution in [2.75, 3.05) is 18.0 Å².